The van der Waals surface area contributed by atoms with Gasteiger partial charge in [0.15, 0.2) is 11.4 Å². The van der Waals surface area contributed by atoms with E-state index in [-0.39, 0.29) is 11.8 Å². The zero-order valence-corrected chi connectivity index (χ0v) is 10.2. The molecule has 4 rings (SSSR count). The highest BCUT2D eigenvalue weighted by molar-refractivity contribution is 5.93. The van der Waals surface area contributed by atoms with E-state index in [1.54, 1.807) is 18.3 Å². The van der Waals surface area contributed by atoms with Gasteiger partial charge in [0.05, 0.1) is 0 Å². The van der Waals surface area contributed by atoms with Gasteiger partial charge in [-0.25, -0.2) is 4.98 Å². The minimum Gasteiger partial charge on any atom is -0.486 e. The van der Waals surface area contributed by atoms with E-state index in [0.29, 0.717) is 11.7 Å². The standard InChI is InChI=1S/C13H17N3O2/c14-13(17)12-10(2-1-5-15-12)18-11-8-16-6-3-9(11)4-7-16/h1-2,5,9,11H,3-4,6-8H2,(H2,14,17). The van der Waals surface area contributed by atoms with Crippen molar-refractivity contribution in [1.82, 2.24) is 9.88 Å². The molecule has 2 N–H and O–H groups in total. The number of nitrogens with two attached hydrogens (primary N) is 1. The Morgan fingerprint density at radius 1 is 1.44 bits per heavy atom. The maximum absolute atomic E-state index is 11.3. The van der Waals surface area contributed by atoms with Crippen molar-refractivity contribution in [2.45, 2.75) is 18.9 Å². The zero-order valence-electron chi connectivity index (χ0n) is 10.2. The quantitative estimate of drug-likeness (QED) is 0.851. The second kappa shape index (κ2) is 4.57. The van der Waals surface area contributed by atoms with E-state index in [1.807, 2.05) is 0 Å². The lowest BCUT2D eigenvalue weighted by atomic mass is 9.86. The number of carbonyl (C=O) groups excluding carboxylic acids is 1. The molecule has 3 aliphatic heterocycles. The highest BCUT2D eigenvalue weighted by atomic mass is 16.5. The molecule has 1 unspecified atom stereocenters. The van der Waals surface area contributed by atoms with Crippen molar-refractivity contribution in [3.8, 4) is 5.75 Å². The van der Waals surface area contributed by atoms with Crippen LogP contribution in [0.5, 0.6) is 5.75 Å². The van der Waals surface area contributed by atoms with Gasteiger partial charge in [-0.15, -0.1) is 0 Å². The SMILES string of the molecule is NC(=O)c1ncccc1OC1CN2CCC1CC2. The molecule has 1 atom stereocenters. The van der Waals surface area contributed by atoms with Gasteiger partial charge in [0.1, 0.15) is 6.10 Å². The zero-order chi connectivity index (χ0) is 12.5. The predicted molar refractivity (Wildman–Crippen MR) is 66.3 cm³/mol. The maximum Gasteiger partial charge on any atom is 0.271 e. The number of amides is 1. The molecular weight excluding hydrogens is 230 g/mol. The predicted octanol–water partition coefficient (Wildman–Crippen LogP) is 0.653. The lowest BCUT2D eigenvalue weighted by molar-refractivity contribution is -0.00826. The molecule has 0 radical (unpaired) electrons. The average molecular weight is 247 g/mol. The summed E-state index contributed by atoms with van der Waals surface area (Å²) in [5.74, 6) is 0.576. The van der Waals surface area contributed by atoms with E-state index in [2.05, 4.69) is 9.88 Å². The van der Waals surface area contributed by atoms with Crippen LogP contribution >= 0.6 is 0 Å². The minimum atomic E-state index is -0.535. The van der Waals surface area contributed by atoms with E-state index in [1.165, 1.54) is 25.9 Å². The number of aromatic nitrogens is 1. The van der Waals surface area contributed by atoms with E-state index in [9.17, 15) is 4.79 Å². The van der Waals surface area contributed by atoms with Crippen molar-refractivity contribution in [2.24, 2.45) is 11.7 Å². The summed E-state index contributed by atoms with van der Waals surface area (Å²) in [5.41, 5.74) is 5.53. The van der Waals surface area contributed by atoms with Crippen LogP contribution in [0, 0.1) is 5.92 Å². The summed E-state index contributed by atoms with van der Waals surface area (Å²) in [6, 6.07) is 3.54. The smallest absolute Gasteiger partial charge is 0.271 e. The first-order chi connectivity index (χ1) is 8.74. The molecule has 3 saturated heterocycles. The van der Waals surface area contributed by atoms with Crippen LogP contribution in [-0.4, -0.2) is 41.5 Å². The Kier molecular flexibility index (Phi) is 2.91. The fourth-order valence-electron chi connectivity index (χ4n) is 2.88. The molecule has 3 aliphatic rings. The van der Waals surface area contributed by atoms with Crippen LogP contribution in [0.3, 0.4) is 0 Å². The van der Waals surface area contributed by atoms with Crippen LogP contribution in [0.25, 0.3) is 0 Å². The van der Waals surface area contributed by atoms with Gasteiger partial charge >= 0.3 is 0 Å². The first-order valence-corrected chi connectivity index (χ1v) is 6.38. The highest BCUT2D eigenvalue weighted by Gasteiger charge is 2.36. The van der Waals surface area contributed by atoms with Gasteiger partial charge in [-0.2, -0.15) is 0 Å². The fraction of sp³-hybridized carbons (Fsp3) is 0.538. The Morgan fingerprint density at radius 3 is 2.83 bits per heavy atom. The topological polar surface area (TPSA) is 68.5 Å². The Morgan fingerprint density at radius 2 is 2.22 bits per heavy atom. The van der Waals surface area contributed by atoms with E-state index in [0.717, 1.165) is 6.54 Å². The highest BCUT2D eigenvalue weighted by Crippen LogP contribution is 2.31. The second-order valence-corrected chi connectivity index (χ2v) is 5.01. The van der Waals surface area contributed by atoms with Gasteiger partial charge in [-0.1, -0.05) is 0 Å². The monoisotopic (exact) mass is 247 g/mol. The van der Waals surface area contributed by atoms with Crippen molar-refractivity contribution >= 4 is 5.91 Å². The van der Waals surface area contributed by atoms with Crippen LogP contribution in [0.1, 0.15) is 23.3 Å². The van der Waals surface area contributed by atoms with Crippen LogP contribution < -0.4 is 10.5 Å². The Hall–Kier alpha value is -1.62. The summed E-state index contributed by atoms with van der Waals surface area (Å²) in [6.45, 7) is 3.28. The molecule has 1 aromatic rings. The molecule has 0 spiro atoms. The molecule has 1 aromatic heterocycles. The lowest BCUT2D eigenvalue weighted by Crippen LogP contribution is -2.52. The summed E-state index contributed by atoms with van der Waals surface area (Å²) < 4.78 is 5.98. The molecule has 1 amide bonds. The minimum absolute atomic E-state index is 0.162. The molecule has 18 heavy (non-hydrogen) atoms. The Labute approximate surface area is 106 Å². The molecule has 5 nitrogen and oxygen atoms in total. The summed E-state index contributed by atoms with van der Waals surface area (Å²) in [4.78, 5) is 17.7. The number of hydrogen-bond acceptors (Lipinski definition) is 4. The summed E-state index contributed by atoms with van der Waals surface area (Å²) in [5, 5.41) is 0. The summed E-state index contributed by atoms with van der Waals surface area (Å²) in [7, 11) is 0. The number of fused-ring (bicyclic) bond motifs is 3. The number of rotatable bonds is 3. The molecule has 0 aliphatic carbocycles. The van der Waals surface area contributed by atoms with E-state index in [4.69, 9.17) is 10.5 Å². The summed E-state index contributed by atoms with van der Waals surface area (Å²) >= 11 is 0. The number of carbonyl (C=O) groups is 1. The molecule has 4 heterocycles. The normalized spacial score (nSPS) is 30.1. The molecular formula is C13H17N3O2. The van der Waals surface area contributed by atoms with Crippen molar-refractivity contribution in [1.29, 1.82) is 0 Å². The average Bonchev–Trinajstić information content (AvgIpc) is 2.40. The number of primary amides is 1. The fourth-order valence-corrected chi connectivity index (χ4v) is 2.88. The molecule has 0 aromatic carbocycles. The van der Waals surface area contributed by atoms with E-state index >= 15 is 0 Å². The first kappa shape index (κ1) is 11.5. The molecule has 0 saturated carbocycles. The number of ether oxygens (including phenoxy) is 1. The third kappa shape index (κ3) is 2.06. The molecule has 96 valence electrons. The maximum atomic E-state index is 11.3. The third-order valence-electron chi connectivity index (χ3n) is 3.88. The number of pyridine rings is 1. The van der Waals surface area contributed by atoms with Crippen LogP contribution in [0.15, 0.2) is 18.3 Å². The van der Waals surface area contributed by atoms with Crippen LogP contribution in [-0.2, 0) is 0 Å². The van der Waals surface area contributed by atoms with Crippen molar-refractivity contribution in [3.05, 3.63) is 24.0 Å². The molecule has 3 fully saturated rings. The van der Waals surface area contributed by atoms with Gasteiger partial charge in [-0.3, -0.25) is 9.69 Å². The van der Waals surface area contributed by atoms with Gasteiger partial charge in [0, 0.05) is 12.7 Å². The van der Waals surface area contributed by atoms with Gasteiger partial charge in [-0.05, 0) is 44.0 Å². The number of nitrogens with zero attached hydrogens (tertiary/aromatic N) is 2. The van der Waals surface area contributed by atoms with Gasteiger partial charge in [0.2, 0.25) is 0 Å². The Bertz CT molecular complexity index is 455. The van der Waals surface area contributed by atoms with Crippen molar-refractivity contribution < 1.29 is 9.53 Å². The molecule has 2 bridgehead atoms. The summed E-state index contributed by atoms with van der Waals surface area (Å²) in [6.07, 6.45) is 4.08. The second-order valence-electron chi connectivity index (χ2n) is 5.01. The molecule has 5 heteroatoms. The third-order valence-corrected chi connectivity index (χ3v) is 3.88. The van der Waals surface area contributed by atoms with Gasteiger partial charge in [0.25, 0.3) is 5.91 Å². The first-order valence-electron chi connectivity index (χ1n) is 6.38. The van der Waals surface area contributed by atoms with Gasteiger partial charge < -0.3 is 10.5 Å². The lowest BCUT2D eigenvalue weighted by Gasteiger charge is -2.44. The van der Waals surface area contributed by atoms with E-state index < -0.39 is 5.91 Å². The van der Waals surface area contributed by atoms with Crippen LogP contribution in [0.4, 0.5) is 0 Å². The largest absolute Gasteiger partial charge is 0.486 e. The number of piperidine rings is 3. The van der Waals surface area contributed by atoms with Crippen molar-refractivity contribution in [2.75, 3.05) is 19.6 Å². The van der Waals surface area contributed by atoms with Crippen molar-refractivity contribution in [3.63, 3.8) is 0 Å². The number of hydrogen-bond donors (Lipinski definition) is 1. The van der Waals surface area contributed by atoms with Crippen LogP contribution in [0.2, 0.25) is 0 Å². The Balaban J connectivity index is 1.78.